The van der Waals surface area contributed by atoms with E-state index in [1.807, 2.05) is 66.1 Å². The second-order valence-corrected chi connectivity index (χ2v) is 5.10. The standard InChI is InChI=1S/C16H12O2S/c17-15(13-9-5-2-6-10-13)16-18-14(11-19-16)12-7-3-1-4-8-12/h1-11,16H. The number of hydrogen-bond acceptors (Lipinski definition) is 3. The molecule has 0 radical (unpaired) electrons. The van der Waals surface area contributed by atoms with Crippen molar-refractivity contribution in [2.24, 2.45) is 0 Å². The lowest BCUT2D eigenvalue weighted by Gasteiger charge is -2.11. The summed E-state index contributed by atoms with van der Waals surface area (Å²) in [6.07, 6.45) is 0. The molecule has 2 aromatic rings. The topological polar surface area (TPSA) is 26.3 Å². The normalized spacial score (nSPS) is 17.7. The number of hydrogen-bond donors (Lipinski definition) is 0. The third-order valence-corrected chi connectivity index (χ3v) is 3.77. The van der Waals surface area contributed by atoms with Crippen LogP contribution in [0.1, 0.15) is 15.9 Å². The number of benzene rings is 2. The van der Waals surface area contributed by atoms with Crippen molar-refractivity contribution < 1.29 is 9.53 Å². The number of rotatable bonds is 3. The summed E-state index contributed by atoms with van der Waals surface area (Å²) in [6.45, 7) is 0. The largest absolute Gasteiger partial charge is 0.470 e. The van der Waals surface area contributed by atoms with E-state index in [4.69, 9.17) is 4.74 Å². The van der Waals surface area contributed by atoms with Crippen LogP contribution < -0.4 is 0 Å². The second-order valence-electron chi connectivity index (χ2n) is 4.16. The van der Waals surface area contributed by atoms with E-state index in [0.29, 0.717) is 5.56 Å². The minimum absolute atomic E-state index is 0.00720. The molecule has 0 aromatic heterocycles. The molecule has 0 aliphatic carbocycles. The number of Topliss-reactive ketones (excluding diaryl/α,β-unsaturated/α-hetero) is 1. The van der Waals surface area contributed by atoms with Gasteiger partial charge in [0.05, 0.1) is 0 Å². The second kappa shape index (κ2) is 5.33. The molecule has 0 saturated carbocycles. The van der Waals surface area contributed by atoms with Gasteiger partial charge in [-0.1, -0.05) is 72.4 Å². The molecule has 94 valence electrons. The van der Waals surface area contributed by atoms with Crippen molar-refractivity contribution in [2.75, 3.05) is 0 Å². The molecular weight excluding hydrogens is 256 g/mol. The molecule has 0 bridgehead atoms. The number of thioether (sulfide) groups is 1. The lowest BCUT2D eigenvalue weighted by molar-refractivity contribution is 0.0872. The zero-order valence-electron chi connectivity index (χ0n) is 10.2. The molecule has 3 heteroatoms. The third-order valence-electron chi connectivity index (χ3n) is 2.86. The third kappa shape index (κ3) is 2.56. The van der Waals surface area contributed by atoms with Crippen LogP contribution in [0.3, 0.4) is 0 Å². The number of carbonyl (C=O) groups excluding carboxylic acids is 1. The predicted octanol–water partition coefficient (Wildman–Crippen LogP) is 3.96. The van der Waals surface area contributed by atoms with Gasteiger partial charge in [-0.3, -0.25) is 4.79 Å². The van der Waals surface area contributed by atoms with Gasteiger partial charge >= 0.3 is 0 Å². The maximum atomic E-state index is 12.2. The van der Waals surface area contributed by atoms with Gasteiger partial charge in [0.25, 0.3) is 0 Å². The highest BCUT2D eigenvalue weighted by molar-refractivity contribution is 8.03. The average molecular weight is 268 g/mol. The minimum atomic E-state index is -0.474. The maximum absolute atomic E-state index is 12.2. The molecule has 19 heavy (non-hydrogen) atoms. The first-order valence-electron chi connectivity index (χ1n) is 6.01. The fourth-order valence-electron chi connectivity index (χ4n) is 1.89. The molecule has 2 nitrogen and oxygen atoms in total. The highest BCUT2D eigenvalue weighted by Gasteiger charge is 2.27. The van der Waals surface area contributed by atoms with E-state index < -0.39 is 5.44 Å². The molecule has 1 atom stereocenters. The molecule has 1 aliphatic heterocycles. The maximum Gasteiger partial charge on any atom is 0.214 e. The molecule has 0 N–H and O–H groups in total. The lowest BCUT2D eigenvalue weighted by Crippen LogP contribution is -2.17. The first-order valence-corrected chi connectivity index (χ1v) is 6.96. The molecule has 1 aliphatic rings. The molecule has 1 unspecified atom stereocenters. The highest BCUT2D eigenvalue weighted by atomic mass is 32.2. The Balaban J connectivity index is 1.73. The Bertz CT molecular complexity index is 605. The summed E-state index contributed by atoms with van der Waals surface area (Å²) in [5.41, 5.74) is 1.21. The van der Waals surface area contributed by atoms with Crippen molar-refractivity contribution in [3.8, 4) is 0 Å². The summed E-state index contributed by atoms with van der Waals surface area (Å²) in [4.78, 5) is 12.2. The number of ether oxygens (including phenoxy) is 1. The van der Waals surface area contributed by atoms with Crippen LogP contribution in [0, 0.1) is 0 Å². The first-order chi connectivity index (χ1) is 9.34. The van der Waals surface area contributed by atoms with Crippen molar-refractivity contribution in [1.29, 1.82) is 0 Å². The average Bonchev–Trinajstić information content (AvgIpc) is 2.98. The van der Waals surface area contributed by atoms with Crippen molar-refractivity contribution in [1.82, 2.24) is 0 Å². The minimum Gasteiger partial charge on any atom is -0.470 e. The van der Waals surface area contributed by atoms with Gasteiger partial charge in [-0.2, -0.15) is 0 Å². The summed E-state index contributed by atoms with van der Waals surface area (Å²) in [5, 5.41) is 1.90. The van der Waals surface area contributed by atoms with Gasteiger partial charge in [0.15, 0.2) is 0 Å². The van der Waals surface area contributed by atoms with Gasteiger partial charge < -0.3 is 4.74 Å². The van der Waals surface area contributed by atoms with Crippen LogP contribution in [-0.2, 0) is 4.74 Å². The summed E-state index contributed by atoms with van der Waals surface area (Å²) in [6, 6.07) is 19.1. The fraction of sp³-hybridized carbons (Fsp3) is 0.0625. The lowest BCUT2D eigenvalue weighted by atomic mass is 10.1. The van der Waals surface area contributed by atoms with Crippen LogP contribution in [0.25, 0.3) is 5.76 Å². The van der Waals surface area contributed by atoms with E-state index in [-0.39, 0.29) is 5.78 Å². The molecule has 1 heterocycles. The SMILES string of the molecule is O=C(c1ccccc1)C1OC(c2ccccc2)=CS1. The molecule has 0 amide bonds. The van der Waals surface area contributed by atoms with Gasteiger partial charge in [-0.25, -0.2) is 0 Å². The zero-order valence-corrected chi connectivity index (χ0v) is 11.0. The first kappa shape index (κ1) is 12.1. The summed E-state index contributed by atoms with van der Waals surface area (Å²) in [7, 11) is 0. The van der Waals surface area contributed by atoms with Crippen molar-refractivity contribution in [3.63, 3.8) is 0 Å². The molecule has 0 fully saturated rings. The fourth-order valence-corrected chi connectivity index (χ4v) is 2.74. The Hall–Kier alpha value is -2.00. The van der Waals surface area contributed by atoms with Crippen LogP contribution in [0.5, 0.6) is 0 Å². The van der Waals surface area contributed by atoms with Crippen LogP contribution in [0.4, 0.5) is 0 Å². The van der Waals surface area contributed by atoms with E-state index >= 15 is 0 Å². The van der Waals surface area contributed by atoms with Crippen molar-refractivity contribution in [2.45, 2.75) is 5.44 Å². The quantitative estimate of drug-likeness (QED) is 0.788. The summed E-state index contributed by atoms with van der Waals surface area (Å²) < 4.78 is 5.74. The molecule has 2 aromatic carbocycles. The van der Waals surface area contributed by atoms with E-state index in [1.165, 1.54) is 11.8 Å². The predicted molar refractivity (Wildman–Crippen MR) is 77.7 cm³/mol. The molecule has 3 rings (SSSR count). The molecule has 0 spiro atoms. The van der Waals surface area contributed by atoms with Gasteiger partial charge in [0.2, 0.25) is 11.2 Å². The zero-order chi connectivity index (χ0) is 13.1. The van der Waals surface area contributed by atoms with Gasteiger partial charge in [0, 0.05) is 16.5 Å². The van der Waals surface area contributed by atoms with E-state index in [9.17, 15) is 4.79 Å². The Morgan fingerprint density at radius 1 is 0.947 bits per heavy atom. The van der Waals surface area contributed by atoms with Crippen molar-refractivity contribution in [3.05, 3.63) is 77.2 Å². The Labute approximate surface area is 116 Å². The molecule has 0 saturated heterocycles. The van der Waals surface area contributed by atoms with Gasteiger partial charge in [-0.15, -0.1) is 0 Å². The van der Waals surface area contributed by atoms with Crippen LogP contribution in [0.15, 0.2) is 66.1 Å². The van der Waals surface area contributed by atoms with Gasteiger partial charge in [-0.05, 0) is 0 Å². The smallest absolute Gasteiger partial charge is 0.214 e. The van der Waals surface area contributed by atoms with Crippen molar-refractivity contribution >= 4 is 23.3 Å². The number of carbonyl (C=O) groups is 1. The summed E-state index contributed by atoms with van der Waals surface area (Å²) >= 11 is 1.41. The summed E-state index contributed by atoms with van der Waals surface area (Å²) in [5.74, 6) is 0.771. The highest BCUT2D eigenvalue weighted by Crippen LogP contribution is 2.34. The Kier molecular flexibility index (Phi) is 3.38. The number of ketones is 1. The van der Waals surface area contributed by atoms with Crippen LogP contribution >= 0.6 is 11.8 Å². The monoisotopic (exact) mass is 268 g/mol. The Morgan fingerprint density at radius 2 is 1.58 bits per heavy atom. The van der Waals surface area contributed by atoms with E-state index in [2.05, 4.69) is 0 Å². The van der Waals surface area contributed by atoms with E-state index in [1.54, 1.807) is 0 Å². The molecular formula is C16H12O2S. The Morgan fingerprint density at radius 3 is 2.26 bits per heavy atom. The van der Waals surface area contributed by atoms with Gasteiger partial charge in [0.1, 0.15) is 5.76 Å². The van der Waals surface area contributed by atoms with Crippen LogP contribution in [-0.4, -0.2) is 11.2 Å². The van der Waals surface area contributed by atoms with E-state index in [0.717, 1.165) is 11.3 Å². The van der Waals surface area contributed by atoms with Crippen LogP contribution in [0.2, 0.25) is 0 Å².